The third kappa shape index (κ3) is 3.94. The summed E-state index contributed by atoms with van der Waals surface area (Å²) in [6.45, 7) is 4.24. The fourth-order valence-electron chi connectivity index (χ4n) is 3.06. The Kier molecular flexibility index (Phi) is 6.32. The summed E-state index contributed by atoms with van der Waals surface area (Å²) >= 11 is 6.19. The summed E-state index contributed by atoms with van der Waals surface area (Å²) in [5.74, 6) is -0.197. The lowest BCUT2D eigenvalue weighted by atomic mass is 9.99. The van der Waals surface area contributed by atoms with E-state index in [1.807, 2.05) is 0 Å². The van der Waals surface area contributed by atoms with E-state index in [-0.39, 0.29) is 36.4 Å². The molecule has 2 aliphatic heterocycles. The second-order valence-corrected chi connectivity index (χ2v) is 6.42. The summed E-state index contributed by atoms with van der Waals surface area (Å²) in [5, 5.41) is 9.55. The molecule has 2 fully saturated rings. The minimum absolute atomic E-state index is 0. The molecule has 132 valence electrons. The molecule has 3 amide bonds. The van der Waals surface area contributed by atoms with Crippen molar-refractivity contribution in [2.75, 3.05) is 24.5 Å². The summed E-state index contributed by atoms with van der Waals surface area (Å²) in [4.78, 5) is 26.0. The summed E-state index contributed by atoms with van der Waals surface area (Å²) in [7, 11) is 0. The van der Waals surface area contributed by atoms with Gasteiger partial charge in [0.05, 0.1) is 10.6 Å². The van der Waals surface area contributed by atoms with Gasteiger partial charge < -0.3 is 16.0 Å². The van der Waals surface area contributed by atoms with Gasteiger partial charge in [0.25, 0.3) is 5.91 Å². The van der Waals surface area contributed by atoms with Gasteiger partial charge in [-0.3, -0.25) is 9.69 Å². The number of urea groups is 1. The zero-order valence-corrected chi connectivity index (χ0v) is 15.0. The molecule has 3 N–H and O–H groups in total. The molecule has 2 aliphatic rings. The Morgan fingerprint density at radius 2 is 2.17 bits per heavy atom. The summed E-state index contributed by atoms with van der Waals surface area (Å²) in [5.41, 5.74) is 1.09. The second-order valence-electron chi connectivity index (χ2n) is 6.01. The highest BCUT2D eigenvalue weighted by atomic mass is 35.5. The minimum atomic E-state index is -0.197. The van der Waals surface area contributed by atoms with Crippen LogP contribution in [0.15, 0.2) is 18.2 Å². The van der Waals surface area contributed by atoms with Crippen LogP contribution in [-0.2, 0) is 0 Å². The first kappa shape index (κ1) is 18.8. The minimum Gasteiger partial charge on any atom is -0.348 e. The van der Waals surface area contributed by atoms with Gasteiger partial charge >= 0.3 is 6.03 Å². The van der Waals surface area contributed by atoms with E-state index < -0.39 is 0 Å². The van der Waals surface area contributed by atoms with E-state index in [4.69, 9.17) is 11.6 Å². The van der Waals surface area contributed by atoms with Crippen LogP contribution in [0, 0.1) is 0 Å². The average molecular weight is 373 g/mol. The normalized spacial score (nSPS) is 23.4. The van der Waals surface area contributed by atoms with E-state index >= 15 is 0 Å². The van der Waals surface area contributed by atoms with Crippen LogP contribution in [0.4, 0.5) is 10.5 Å². The molecular weight excluding hydrogens is 351 g/mol. The molecule has 3 rings (SSSR count). The van der Waals surface area contributed by atoms with Crippen LogP contribution in [0.2, 0.25) is 5.02 Å². The van der Waals surface area contributed by atoms with E-state index in [0.29, 0.717) is 29.4 Å². The highest BCUT2D eigenvalue weighted by Crippen LogP contribution is 2.25. The first-order valence-corrected chi connectivity index (χ1v) is 8.33. The molecule has 1 aromatic carbocycles. The van der Waals surface area contributed by atoms with Crippen molar-refractivity contribution >= 4 is 41.6 Å². The summed E-state index contributed by atoms with van der Waals surface area (Å²) < 4.78 is 0. The standard InChI is InChI=1S/C16H21ClN4O2.ClH/c1-10-14(3-2-6-18-10)20-15(22)12-9-11(4-5-13(12)17)21-8-7-19-16(21)23;/h4-5,9-10,14,18H,2-3,6-8H2,1H3,(H,19,23)(H,20,22);1H. The highest BCUT2D eigenvalue weighted by Gasteiger charge is 2.26. The third-order valence-corrected chi connectivity index (χ3v) is 4.77. The molecule has 0 spiro atoms. The van der Waals surface area contributed by atoms with Crippen molar-refractivity contribution in [3.05, 3.63) is 28.8 Å². The number of hydrogen-bond donors (Lipinski definition) is 3. The molecule has 1 aromatic rings. The number of nitrogens with one attached hydrogen (secondary N) is 3. The first-order chi connectivity index (χ1) is 11.1. The predicted molar refractivity (Wildman–Crippen MR) is 97.4 cm³/mol. The van der Waals surface area contributed by atoms with E-state index in [1.165, 1.54) is 0 Å². The highest BCUT2D eigenvalue weighted by molar-refractivity contribution is 6.34. The molecule has 0 aliphatic carbocycles. The molecule has 2 unspecified atom stereocenters. The number of carbonyl (C=O) groups is 2. The van der Waals surface area contributed by atoms with E-state index in [0.717, 1.165) is 19.4 Å². The van der Waals surface area contributed by atoms with Gasteiger partial charge in [0, 0.05) is 30.9 Å². The maximum Gasteiger partial charge on any atom is 0.321 e. The lowest BCUT2D eigenvalue weighted by Crippen LogP contribution is -2.51. The lowest BCUT2D eigenvalue weighted by Gasteiger charge is -2.30. The van der Waals surface area contributed by atoms with E-state index in [9.17, 15) is 9.59 Å². The Morgan fingerprint density at radius 1 is 1.38 bits per heavy atom. The van der Waals surface area contributed by atoms with Gasteiger partial charge in [-0.1, -0.05) is 11.6 Å². The SMILES string of the molecule is CC1NCCCC1NC(=O)c1cc(N2CCNC2=O)ccc1Cl.Cl. The molecule has 6 nitrogen and oxygen atoms in total. The van der Waals surface area contributed by atoms with Crippen molar-refractivity contribution in [1.29, 1.82) is 0 Å². The van der Waals surface area contributed by atoms with Crippen LogP contribution in [-0.4, -0.2) is 43.7 Å². The van der Waals surface area contributed by atoms with Gasteiger partial charge in [-0.25, -0.2) is 4.79 Å². The van der Waals surface area contributed by atoms with Gasteiger partial charge in [-0.05, 0) is 44.5 Å². The second kappa shape index (κ2) is 8.05. The van der Waals surface area contributed by atoms with Gasteiger partial charge in [0.15, 0.2) is 0 Å². The van der Waals surface area contributed by atoms with Crippen LogP contribution in [0.1, 0.15) is 30.1 Å². The molecular formula is C16H22Cl2N4O2. The van der Waals surface area contributed by atoms with Crippen LogP contribution in [0.5, 0.6) is 0 Å². The molecule has 2 heterocycles. The van der Waals surface area contributed by atoms with Crippen LogP contribution >= 0.6 is 24.0 Å². The Morgan fingerprint density at radius 3 is 2.83 bits per heavy atom. The largest absolute Gasteiger partial charge is 0.348 e. The molecule has 0 bridgehead atoms. The van der Waals surface area contributed by atoms with Crippen molar-refractivity contribution in [1.82, 2.24) is 16.0 Å². The number of hydrogen-bond acceptors (Lipinski definition) is 3. The van der Waals surface area contributed by atoms with Crippen LogP contribution in [0.3, 0.4) is 0 Å². The van der Waals surface area contributed by atoms with Crippen molar-refractivity contribution in [2.45, 2.75) is 31.8 Å². The summed E-state index contributed by atoms with van der Waals surface area (Å²) in [6.07, 6.45) is 1.99. The molecule has 8 heteroatoms. The molecule has 0 radical (unpaired) electrons. The Hall–Kier alpha value is -1.50. The molecule has 0 saturated carbocycles. The topological polar surface area (TPSA) is 73.5 Å². The van der Waals surface area contributed by atoms with Crippen LogP contribution in [0.25, 0.3) is 0 Å². The molecule has 24 heavy (non-hydrogen) atoms. The average Bonchev–Trinajstić information content (AvgIpc) is 2.96. The lowest BCUT2D eigenvalue weighted by molar-refractivity contribution is 0.0920. The number of amides is 3. The zero-order chi connectivity index (χ0) is 16.4. The number of benzene rings is 1. The third-order valence-electron chi connectivity index (χ3n) is 4.44. The molecule has 2 atom stereocenters. The number of nitrogens with zero attached hydrogens (tertiary/aromatic N) is 1. The van der Waals surface area contributed by atoms with E-state index in [2.05, 4.69) is 22.9 Å². The molecule has 2 saturated heterocycles. The van der Waals surface area contributed by atoms with Crippen molar-refractivity contribution in [3.63, 3.8) is 0 Å². The molecule has 0 aromatic heterocycles. The van der Waals surface area contributed by atoms with Crippen molar-refractivity contribution in [3.8, 4) is 0 Å². The number of rotatable bonds is 3. The quantitative estimate of drug-likeness (QED) is 0.760. The number of halogens is 2. The van der Waals surface area contributed by atoms with Gasteiger partial charge in [-0.15, -0.1) is 12.4 Å². The monoisotopic (exact) mass is 372 g/mol. The van der Waals surface area contributed by atoms with Gasteiger partial charge in [-0.2, -0.15) is 0 Å². The smallest absolute Gasteiger partial charge is 0.321 e. The Bertz CT molecular complexity index is 626. The zero-order valence-electron chi connectivity index (χ0n) is 13.5. The summed E-state index contributed by atoms with van der Waals surface area (Å²) in [6, 6.07) is 5.28. The number of carbonyl (C=O) groups excluding carboxylic acids is 2. The predicted octanol–water partition coefficient (Wildman–Crippen LogP) is 2.16. The maximum absolute atomic E-state index is 12.6. The van der Waals surface area contributed by atoms with Crippen LogP contribution < -0.4 is 20.9 Å². The maximum atomic E-state index is 12.6. The number of piperidine rings is 1. The fraction of sp³-hybridized carbons (Fsp3) is 0.500. The van der Waals surface area contributed by atoms with Gasteiger partial charge in [0.2, 0.25) is 0 Å². The van der Waals surface area contributed by atoms with Crippen molar-refractivity contribution < 1.29 is 9.59 Å². The van der Waals surface area contributed by atoms with E-state index in [1.54, 1.807) is 23.1 Å². The van der Waals surface area contributed by atoms with Crippen molar-refractivity contribution in [2.24, 2.45) is 0 Å². The Balaban J connectivity index is 0.00000208. The Labute approximate surface area is 152 Å². The first-order valence-electron chi connectivity index (χ1n) is 7.95. The number of anilines is 1. The fourth-order valence-corrected chi connectivity index (χ4v) is 3.26. The van der Waals surface area contributed by atoms with Gasteiger partial charge in [0.1, 0.15) is 0 Å².